The maximum Gasteiger partial charge on any atom is 0.0233 e. The van der Waals surface area contributed by atoms with Crippen LogP contribution in [-0.2, 0) is 13.1 Å². The molecule has 0 radical (unpaired) electrons. The molecule has 0 aromatic heterocycles. The minimum Gasteiger partial charge on any atom is -0.412 e. The SMILES string of the molecule is Br.Br.Br.Br.Br.Br.Br.Br.O.O.O.c1cc(CN2CCCNCCCNCCCNCCC2)ccc1CN1CCCNCCCNCCCNCCC1. The van der Waals surface area contributed by atoms with E-state index in [1.807, 2.05) is 0 Å². The summed E-state index contributed by atoms with van der Waals surface area (Å²) in [6, 6.07) is 9.52. The van der Waals surface area contributed by atoms with Gasteiger partial charge in [-0.2, -0.15) is 0 Å². The summed E-state index contributed by atoms with van der Waals surface area (Å²) in [7, 11) is 0. The maximum atomic E-state index is 3.64. The number of hydrogen-bond donors (Lipinski definition) is 6. The average Bonchev–Trinajstić information content (AvgIpc) is 2.96. The summed E-state index contributed by atoms with van der Waals surface area (Å²) in [5.41, 5.74) is 2.89. The zero-order chi connectivity index (χ0) is 27.8. The predicted molar refractivity (Wildman–Crippen MR) is 265 cm³/mol. The molecule has 51 heavy (non-hydrogen) atoms. The van der Waals surface area contributed by atoms with Gasteiger partial charge in [0.1, 0.15) is 0 Å². The van der Waals surface area contributed by atoms with Crippen molar-refractivity contribution in [3.05, 3.63) is 35.4 Å². The van der Waals surface area contributed by atoms with Crippen LogP contribution in [0.25, 0.3) is 0 Å². The molecule has 0 amide bonds. The molecular formula is C32H76Br8N8O3. The van der Waals surface area contributed by atoms with Crippen molar-refractivity contribution in [2.75, 3.05) is 105 Å². The highest BCUT2D eigenvalue weighted by Crippen LogP contribution is 2.12. The molecule has 12 N–H and O–H groups in total. The summed E-state index contributed by atoms with van der Waals surface area (Å²) in [6.07, 6.45) is 9.73. The molecule has 0 unspecified atom stereocenters. The van der Waals surface area contributed by atoms with Gasteiger partial charge in [-0.25, -0.2) is 0 Å². The first-order chi connectivity index (χ1) is 19.9. The molecule has 0 saturated carbocycles. The molecule has 318 valence electrons. The van der Waals surface area contributed by atoms with E-state index in [0.717, 1.165) is 91.6 Å². The number of benzene rings is 1. The number of rotatable bonds is 4. The van der Waals surface area contributed by atoms with Crippen LogP contribution >= 0.6 is 136 Å². The molecule has 1 aromatic rings. The van der Waals surface area contributed by atoms with Crippen molar-refractivity contribution in [3.8, 4) is 0 Å². The fourth-order valence-electron chi connectivity index (χ4n) is 5.62. The zero-order valence-corrected chi connectivity index (χ0v) is 44.1. The van der Waals surface area contributed by atoms with Gasteiger partial charge in [-0.05, 0) is 167 Å². The van der Waals surface area contributed by atoms with Crippen LogP contribution in [0.3, 0.4) is 0 Å². The fraction of sp³-hybridized carbons (Fsp3) is 0.812. The summed E-state index contributed by atoms with van der Waals surface area (Å²) in [5.74, 6) is 0. The van der Waals surface area contributed by atoms with E-state index in [9.17, 15) is 0 Å². The maximum absolute atomic E-state index is 3.64. The highest BCUT2D eigenvalue weighted by atomic mass is 79.9. The minimum atomic E-state index is 0. The Morgan fingerprint density at radius 2 is 0.490 bits per heavy atom. The highest BCUT2D eigenvalue weighted by molar-refractivity contribution is 8.93. The summed E-state index contributed by atoms with van der Waals surface area (Å²) in [5, 5.41) is 21.7. The summed E-state index contributed by atoms with van der Waals surface area (Å²) in [6.45, 7) is 20.2. The van der Waals surface area contributed by atoms with Crippen LogP contribution < -0.4 is 31.9 Å². The lowest BCUT2D eigenvalue weighted by Gasteiger charge is -2.24. The Hall–Kier alpha value is 2.62. The highest BCUT2D eigenvalue weighted by Gasteiger charge is 2.09. The second-order valence-electron chi connectivity index (χ2n) is 11.7. The molecule has 2 aliphatic heterocycles. The number of nitrogens with one attached hydrogen (secondary N) is 6. The lowest BCUT2D eigenvalue weighted by atomic mass is 10.1. The summed E-state index contributed by atoms with van der Waals surface area (Å²) >= 11 is 0. The van der Waals surface area contributed by atoms with E-state index in [2.05, 4.69) is 66.0 Å². The van der Waals surface area contributed by atoms with Gasteiger partial charge in [0, 0.05) is 13.1 Å². The van der Waals surface area contributed by atoms with Crippen molar-refractivity contribution < 1.29 is 16.4 Å². The third-order valence-corrected chi connectivity index (χ3v) is 7.98. The molecule has 0 spiro atoms. The van der Waals surface area contributed by atoms with E-state index >= 15 is 0 Å². The molecule has 3 rings (SSSR count). The Balaban J connectivity index is -0.000000229. The zero-order valence-electron chi connectivity index (χ0n) is 30.4. The third kappa shape index (κ3) is 42.1. The molecule has 0 atom stereocenters. The van der Waals surface area contributed by atoms with Crippen molar-refractivity contribution in [1.29, 1.82) is 0 Å². The molecule has 2 heterocycles. The molecule has 19 heteroatoms. The lowest BCUT2D eigenvalue weighted by Crippen LogP contribution is -2.32. The topological polar surface area (TPSA) is 173 Å². The largest absolute Gasteiger partial charge is 0.412 e. The van der Waals surface area contributed by atoms with Gasteiger partial charge in [0.15, 0.2) is 0 Å². The number of hydrogen-bond acceptors (Lipinski definition) is 8. The van der Waals surface area contributed by atoms with Gasteiger partial charge in [-0.3, -0.25) is 9.80 Å². The van der Waals surface area contributed by atoms with E-state index in [-0.39, 0.29) is 152 Å². The quantitative estimate of drug-likeness (QED) is 0.262. The Kier molecular flexibility index (Phi) is 80.0. The monoisotopic (exact) mass is 1250 g/mol. The van der Waals surface area contributed by atoms with Crippen molar-refractivity contribution in [1.82, 2.24) is 41.7 Å². The van der Waals surface area contributed by atoms with Crippen LogP contribution in [0.15, 0.2) is 24.3 Å². The molecule has 2 aliphatic rings. The van der Waals surface area contributed by atoms with Gasteiger partial charge >= 0.3 is 0 Å². The molecule has 0 aliphatic carbocycles. The van der Waals surface area contributed by atoms with E-state index < -0.39 is 0 Å². The van der Waals surface area contributed by atoms with Crippen LogP contribution in [-0.4, -0.2) is 131 Å². The lowest BCUT2D eigenvalue weighted by molar-refractivity contribution is 0.254. The van der Waals surface area contributed by atoms with Gasteiger partial charge in [0.05, 0.1) is 0 Å². The van der Waals surface area contributed by atoms with Gasteiger partial charge < -0.3 is 48.3 Å². The first-order valence-electron chi connectivity index (χ1n) is 16.7. The Morgan fingerprint density at radius 3 is 0.686 bits per heavy atom. The Morgan fingerprint density at radius 1 is 0.314 bits per heavy atom. The van der Waals surface area contributed by atoms with E-state index in [4.69, 9.17) is 0 Å². The molecule has 11 nitrogen and oxygen atoms in total. The molecule has 1 aromatic carbocycles. The minimum absolute atomic E-state index is 0. The van der Waals surface area contributed by atoms with Crippen molar-refractivity contribution in [2.45, 2.75) is 64.5 Å². The fourth-order valence-corrected chi connectivity index (χ4v) is 5.62. The third-order valence-electron chi connectivity index (χ3n) is 7.98. The summed E-state index contributed by atoms with van der Waals surface area (Å²) in [4.78, 5) is 5.32. The first-order valence-corrected chi connectivity index (χ1v) is 16.7. The predicted octanol–water partition coefficient (Wildman–Crippen LogP) is 4.13. The normalized spacial score (nSPS) is 18.0. The van der Waals surface area contributed by atoms with Gasteiger partial charge in [0.25, 0.3) is 0 Å². The second kappa shape index (κ2) is 54.7. The van der Waals surface area contributed by atoms with Crippen molar-refractivity contribution >= 4 is 136 Å². The molecule has 2 fully saturated rings. The van der Waals surface area contributed by atoms with Crippen LogP contribution in [0.1, 0.15) is 62.5 Å². The van der Waals surface area contributed by atoms with Gasteiger partial charge in [-0.15, -0.1) is 136 Å². The number of nitrogens with zero attached hydrogens (tertiary/aromatic N) is 2. The van der Waals surface area contributed by atoms with Crippen molar-refractivity contribution in [3.63, 3.8) is 0 Å². The number of halogens is 8. The van der Waals surface area contributed by atoms with E-state index in [0.29, 0.717) is 0 Å². The van der Waals surface area contributed by atoms with Crippen LogP contribution in [0.2, 0.25) is 0 Å². The van der Waals surface area contributed by atoms with Crippen LogP contribution in [0.4, 0.5) is 0 Å². The van der Waals surface area contributed by atoms with Gasteiger partial charge in [0.2, 0.25) is 0 Å². The van der Waals surface area contributed by atoms with Crippen LogP contribution in [0.5, 0.6) is 0 Å². The molecular weight excluding hydrogens is 1180 g/mol. The Labute approximate surface area is 394 Å². The van der Waals surface area contributed by atoms with Crippen molar-refractivity contribution in [2.24, 2.45) is 0 Å². The molecule has 2 saturated heterocycles. The van der Waals surface area contributed by atoms with Crippen LogP contribution in [0, 0.1) is 0 Å². The smallest absolute Gasteiger partial charge is 0.0233 e. The standard InChI is InChI=1S/C32H62N8.8BrH.3H2O/c1-13-33-14-2-18-36-22-6-26-39(25-5-21-35-17-1)29-31-9-11-32(12-10-31)30-40-27-7-23-37-19-3-15-34-16-4-20-38-24-8-28-40;;;;;;;;;;;/h9-12,33-38H,1-8,13-30H2;8*1H;3*1H2. The van der Waals surface area contributed by atoms with Gasteiger partial charge in [-0.1, -0.05) is 24.3 Å². The Bertz CT molecular complexity index is 657. The first kappa shape index (κ1) is 74.6. The summed E-state index contributed by atoms with van der Waals surface area (Å²) < 4.78 is 0. The second-order valence-corrected chi connectivity index (χ2v) is 11.7. The molecule has 0 bridgehead atoms. The van der Waals surface area contributed by atoms with E-state index in [1.165, 1.54) is 88.7 Å². The van der Waals surface area contributed by atoms with E-state index in [1.54, 1.807) is 0 Å². The average molecular weight is 1260 g/mol.